The first-order chi connectivity index (χ1) is 4.86. The van der Waals surface area contributed by atoms with Gasteiger partial charge in [0.15, 0.2) is 0 Å². The van der Waals surface area contributed by atoms with Crippen molar-refractivity contribution in [1.29, 1.82) is 0 Å². The lowest BCUT2D eigenvalue weighted by Crippen LogP contribution is -2.29. The molecule has 0 N–H and O–H groups in total. The van der Waals surface area contributed by atoms with Gasteiger partial charge in [0.1, 0.15) is 0 Å². The maximum atomic E-state index is 2.34. The predicted octanol–water partition coefficient (Wildman–Crippen LogP) is 0.934. The van der Waals surface area contributed by atoms with Crippen molar-refractivity contribution in [2.24, 2.45) is 0 Å². The Labute approximate surface area is 61.1 Å². The standard InChI is InChI=1S/C8H12N2/c1-9-5-6-10-4-2-3-8(10)7-9/h2-4H,5-7H2,1H3. The quantitative estimate of drug-likeness (QED) is 0.515. The number of fused-ring (bicyclic) bond motifs is 1. The summed E-state index contributed by atoms with van der Waals surface area (Å²) in [6.45, 7) is 3.44. The molecule has 2 heteroatoms. The highest BCUT2D eigenvalue weighted by atomic mass is 15.2. The van der Waals surface area contributed by atoms with E-state index in [0.29, 0.717) is 0 Å². The van der Waals surface area contributed by atoms with Crippen LogP contribution in [0.5, 0.6) is 0 Å². The molecular weight excluding hydrogens is 124 g/mol. The summed E-state index contributed by atoms with van der Waals surface area (Å²) in [5, 5.41) is 0. The molecule has 0 spiro atoms. The molecule has 0 amide bonds. The van der Waals surface area contributed by atoms with Crippen LogP contribution in [0.3, 0.4) is 0 Å². The van der Waals surface area contributed by atoms with Crippen LogP contribution in [-0.4, -0.2) is 23.1 Å². The molecule has 54 valence electrons. The second kappa shape index (κ2) is 2.13. The van der Waals surface area contributed by atoms with Crippen molar-refractivity contribution >= 4 is 0 Å². The summed E-state index contributed by atoms with van der Waals surface area (Å²) < 4.78 is 2.32. The summed E-state index contributed by atoms with van der Waals surface area (Å²) >= 11 is 0. The van der Waals surface area contributed by atoms with Crippen molar-refractivity contribution in [3.8, 4) is 0 Å². The van der Waals surface area contributed by atoms with E-state index in [1.165, 1.54) is 12.2 Å². The molecule has 1 aliphatic heterocycles. The molecule has 2 rings (SSSR count). The molecule has 0 atom stereocenters. The van der Waals surface area contributed by atoms with Crippen molar-refractivity contribution < 1.29 is 0 Å². The highest BCUT2D eigenvalue weighted by Crippen LogP contribution is 2.10. The number of hydrogen-bond acceptors (Lipinski definition) is 1. The van der Waals surface area contributed by atoms with Crippen LogP contribution in [0, 0.1) is 0 Å². The second-order valence-electron chi connectivity index (χ2n) is 2.93. The number of hydrogen-bond donors (Lipinski definition) is 0. The summed E-state index contributed by atoms with van der Waals surface area (Å²) in [6.07, 6.45) is 2.16. The van der Waals surface area contributed by atoms with Crippen molar-refractivity contribution in [2.75, 3.05) is 13.6 Å². The lowest BCUT2D eigenvalue weighted by molar-refractivity contribution is 0.270. The van der Waals surface area contributed by atoms with Crippen molar-refractivity contribution in [1.82, 2.24) is 9.47 Å². The Morgan fingerprint density at radius 1 is 1.40 bits per heavy atom. The molecule has 1 aliphatic rings. The molecule has 2 heterocycles. The summed E-state index contributed by atoms with van der Waals surface area (Å²) in [5.41, 5.74) is 1.44. The molecule has 0 saturated carbocycles. The smallest absolute Gasteiger partial charge is 0.0384 e. The Morgan fingerprint density at radius 3 is 3.20 bits per heavy atom. The molecular formula is C8H12N2. The van der Waals surface area contributed by atoms with E-state index in [-0.39, 0.29) is 0 Å². The fourth-order valence-electron chi connectivity index (χ4n) is 1.45. The first-order valence-corrected chi connectivity index (χ1v) is 3.69. The Kier molecular flexibility index (Phi) is 1.27. The van der Waals surface area contributed by atoms with Gasteiger partial charge in [-0.2, -0.15) is 0 Å². The topological polar surface area (TPSA) is 8.17 Å². The number of likely N-dealkylation sites (N-methyl/N-ethyl adjacent to an activating group) is 1. The Hall–Kier alpha value is -0.760. The van der Waals surface area contributed by atoms with Gasteiger partial charge in [-0.05, 0) is 19.2 Å². The van der Waals surface area contributed by atoms with Gasteiger partial charge in [-0.15, -0.1) is 0 Å². The van der Waals surface area contributed by atoms with Gasteiger partial charge in [-0.1, -0.05) is 0 Å². The number of rotatable bonds is 0. The maximum absolute atomic E-state index is 2.34. The fourth-order valence-corrected chi connectivity index (χ4v) is 1.45. The van der Waals surface area contributed by atoms with Crippen LogP contribution in [0.1, 0.15) is 5.69 Å². The third-order valence-electron chi connectivity index (χ3n) is 2.08. The summed E-state index contributed by atoms with van der Waals surface area (Å²) in [4.78, 5) is 2.34. The van der Waals surface area contributed by atoms with Crippen LogP contribution in [-0.2, 0) is 13.1 Å². The van der Waals surface area contributed by atoms with Gasteiger partial charge in [-0.3, -0.25) is 4.90 Å². The van der Waals surface area contributed by atoms with Crippen LogP contribution in [0.25, 0.3) is 0 Å². The van der Waals surface area contributed by atoms with E-state index >= 15 is 0 Å². The van der Waals surface area contributed by atoms with Crippen LogP contribution >= 0.6 is 0 Å². The first kappa shape index (κ1) is 5.98. The van der Waals surface area contributed by atoms with Gasteiger partial charge < -0.3 is 4.57 Å². The van der Waals surface area contributed by atoms with Gasteiger partial charge >= 0.3 is 0 Å². The molecule has 2 nitrogen and oxygen atoms in total. The number of aromatic nitrogens is 1. The molecule has 10 heavy (non-hydrogen) atoms. The highest BCUT2D eigenvalue weighted by Gasteiger charge is 2.09. The molecule has 0 bridgehead atoms. The van der Waals surface area contributed by atoms with Gasteiger partial charge in [-0.25, -0.2) is 0 Å². The minimum atomic E-state index is 1.10. The highest BCUT2D eigenvalue weighted by molar-refractivity contribution is 5.08. The average Bonchev–Trinajstić information content (AvgIpc) is 2.33. The molecule has 0 saturated heterocycles. The van der Waals surface area contributed by atoms with Crippen LogP contribution in [0.2, 0.25) is 0 Å². The minimum absolute atomic E-state index is 1.10. The Morgan fingerprint density at radius 2 is 2.30 bits per heavy atom. The average molecular weight is 136 g/mol. The number of nitrogens with zero attached hydrogens (tertiary/aromatic N) is 2. The van der Waals surface area contributed by atoms with E-state index in [9.17, 15) is 0 Å². The maximum Gasteiger partial charge on any atom is 0.0384 e. The van der Waals surface area contributed by atoms with E-state index in [4.69, 9.17) is 0 Å². The van der Waals surface area contributed by atoms with Crippen molar-refractivity contribution in [3.63, 3.8) is 0 Å². The fraction of sp³-hybridized carbons (Fsp3) is 0.500. The second-order valence-corrected chi connectivity index (χ2v) is 2.93. The largest absolute Gasteiger partial charge is 0.349 e. The third kappa shape index (κ3) is 0.847. The van der Waals surface area contributed by atoms with Crippen LogP contribution in [0.15, 0.2) is 18.3 Å². The molecule has 0 aromatic carbocycles. The third-order valence-corrected chi connectivity index (χ3v) is 2.08. The SMILES string of the molecule is CN1CCn2cccc2C1. The van der Waals surface area contributed by atoms with E-state index < -0.39 is 0 Å². The van der Waals surface area contributed by atoms with Gasteiger partial charge in [0.2, 0.25) is 0 Å². The Balaban J connectivity index is 2.30. The van der Waals surface area contributed by atoms with E-state index in [0.717, 1.165) is 13.1 Å². The summed E-state index contributed by atoms with van der Waals surface area (Å²) in [5.74, 6) is 0. The summed E-state index contributed by atoms with van der Waals surface area (Å²) in [7, 11) is 2.16. The lowest BCUT2D eigenvalue weighted by Gasteiger charge is -2.24. The monoisotopic (exact) mass is 136 g/mol. The van der Waals surface area contributed by atoms with Gasteiger partial charge in [0, 0.05) is 31.5 Å². The molecule has 1 aromatic heterocycles. The zero-order chi connectivity index (χ0) is 6.97. The summed E-state index contributed by atoms with van der Waals surface area (Å²) in [6, 6.07) is 4.31. The van der Waals surface area contributed by atoms with Crippen LogP contribution in [0.4, 0.5) is 0 Å². The molecule has 0 fully saturated rings. The van der Waals surface area contributed by atoms with Crippen LogP contribution < -0.4 is 0 Å². The molecule has 0 aliphatic carbocycles. The molecule has 0 radical (unpaired) electrons. The molecule has 1 aromatic rings. The van der Waals surface area contributed by atoms with Gasteiger partial charge in [0.25, 0.3) is 0 Å². The van der Waals surface area contributed by atoms with Crippen molar-refractivity contribution in [2.45, 2.75) is 13.1 Å². The van der Waals surface area contributed by atoms with E-state index in [1.54, 1.807) is 0 Å². The normalized spacial score (nSPS) is 18.9. The van der Waals surface area contributed by atoms with Gasteiger partial charge in [0.05, 0.1) is 0 Å². The lowest BCUT2D eigenvalue weighted by atomic mass is 10.3. The zero-order valence-electron chi connectivity index (χ0n) is 6.25. The van der Waals surface area contributed by atoms with E-state index in [1.807, 2.05) is 0 Å². The Bertz CT molecular complexity index is 227. The predicted molar refractivity (Wildman–Crippen MR) is 40.8 cm³/mol. The van der Waals surface area contributed by atoms with E-state index in [2.05, 4.69) is 34.8 Å². The first-order valence-electron chi connectivity index (χ1n) is 3.69. The van der Waals surface area contributed by atoms with Crippen molar-refractivity contribution in [3.05, 3.63) is 24.0 Å². The molecule has 0 unspecified atom stereocenters. The minimum Gasteiger partial charge on any atom is -0.349 e. The zero-order valence-corrected chi connectivity index (χ0v) is 6.25.